The van der Waals surface area contributed by atoms with Crippen molar-refractivity contribution >= 4 is 11.5 Å². The number of carbonyl (C=O) groups is 1. The van der Waals surface area contributed by atoms with E-state index >= 15 is 0 Å². The average molecular weight is 268 g/mol. The Kier molecular flexibility index (Phi) is 3.20. The summed E-state index contributed by atoms with van der Waals surface area (Å²) in [6, 6.07) is 5.79. The molecule has 1 aliphatic rings. The van der Waals surface area contributed by atoms with Gasteiger partial charge in [-0.15, -0.1) is 0 Å². The third kappa shape index (κ3) is 2.06. The second-order valence-corrected chi connectivity index (χ2v) is 4.74. The number of aryl methyl sites for hydroxylation is 1. The molecule has 0 amide bonds. The second-order valence-electron chi connectivity index (χ2n) is 4.74. The van der Waals surface area contributed by atoms with E-state index in [1.54, 1.807) is 0 Å². The van der Waals surface area contributed by atoms with E-state index in [0.29, 0.717) is 12.1 Å². The Balaban J connectivity index is 2.08. The second kappa shape index (κ2) is 5.02. The molecule has 102 valence electrons. The molecule has 0 bridgehead atoms. The lowest BCUT2D eigenvalue weighted by Crippen LogP contribution is -2.24. The van der Waals surface area contributed by atoms with Crippen LogP contribution in [0.4, 0.5) is 0 Å². The predicted molar refractivity (Wildman–Crippen MR) is 78.1 cm³/mol. The molecular formula is C15H16N4O. The fourth-order valence-corrected chi connectivity index (χ4v) is 2.40. The summed E-state index contributed by atoms with van der Waals surface area (Å²) < 4.78 is 1.87. The summed E-state index contributed by atoms with van der Waals surface area (Å²) in [7, 11) is 0. The van der Waals surface area contributed by atoms with Crippen molar-refractivity contribution in [2.45, 2.75) is 13.5 Å². The van der Waals surface area contributed by atoms with E-state index in [1.807, 2.05) is 42.2 Å². The van der Waals surface area contributed by atoms with Gasteiger partial charge >= 0.3 is 0 Å². The summed E-state index contributed by atoms with van der Waals surface area (Å²) >= 11 is 0. The highest BCUT2D eigenvalue weighted by Gasteiger charge is 2.20. The Hall–Kier alpha value is -2.27. The standard InChI is InChI=1S/C15H16N4O/c1-2-19-9-11(7-18-19)10-3-4-12-13(5-10)14(6-16)17-8-15(12)20/h3-5,7,9H,2,6,8,16H2,1H3. The summed E-state index contributed by atoms with van der Waals surface area (Å²) in [6.45, 7) is 3.42. The number of nitrogens with two attached hydrogens (primary N) is 1. The quantitative estimate of drug-likeness (QED) is 0.917. The molecule has 2 aromatic rings. The van der Waals surface area contributed by atoms with E-state index in [0.717, 1.165) is 28.9 Å². The Morgan fingerprint density at radius 2 is 2.15 bits per heavy atom. The van der Waals surface area contributed by atoms with E-state index in [9.17, 15) is 4.79 Å². The maximum Gasteiger partial charge on any atom is 0.184 e. The van der Waals surface area contributed by atoms with Crippen LogP contribution in [-0.4, -0.2) is 34.4 Å². The Labute approximate surface area is 117 Å². The van der Waals surface area contributed by atoms with Gasteiger partial charge in [-0.1, -0.05) is 12.1 Å². The minimum absolute atomic E-state index is 0.0491. The molecule has 0 aliphatic carbocycles. The Morgan fingerprint density at radius 3 is 2.85 bits per heavy atom. The van der Waals surface area contributed by atoms with Gasteiger partial charge in [0.1, 0.15) is 6.54 Å². The SMILES string of the molecule is CCn1cc(-c2ccc3c(c2)C(CN)=NCC3=O)cn1. The number of Topliss-reactive ketones (excluding diaryl/α,β-unsaturated/α-hetero) is 1. The average Bonchev–Trinajstić information content (AvgIpc) is 2.96. The molecule has 0 saturated heterocycles. The van der Waals surface area contributed by atoms with E-state index in [4.69, 9.17) is 5.73 Å². The molecule has 0 spiro atoms. The van der Waals surface area contributed by atoms with Crippen LogP contribution in [0.3, 0.4) is 0 Å². The smallest absolute Gasteiger partial charge is 0.184 e. The van der Waals surface area contributed by atoms with Gasteiger partial charge < -0.3 is 5.73 Å². The van der Waals surface area contributed by atoms with Crippen LogP contribution in [0.15, 0.2) is 35.6 Å². The Bertz CT molecular complexity index is 700. The number of hydrogen-bond donors (Lipinski definition) is 1. The molecule has 2 N–H and O–H groups in total. The van der Waals surface area contributed by atoms with Gasteiger partial charge in [0.15, 0.2) is 5.78 Å². The third-order valence-electron chi connectivity index (χ3n) is 3.53. The zero-order chi connectivity index (χ0) is 14.1. The molecule has 5 heteroatoms. The van der Waals surface area contributed by atoms with E-state index in [2.05, 4.69) is 10.1 Å². The molecule has 1 aliphatic heterocycles. The van der Waals surface area contributed by atoms with Crippen LogP contribution >= 0.6 is 0 Å². The highest BCUT2D eigenvalue weighted by atomic mass is 16.1. The van der Waals surface area contributed by atoms with Crippen molar-refractivity contribution in [2.75, 3.05) is 13.1 Å². The zero-order valence-electron chi connectivity index (χ0n) is 11.3. The highest BCUT2D eigenvalue weighted by Crippen LogP contribution is 2.25. The summed E-state index contributed by atoms with van der Waals surface area (Å²) in [4.78, 5) is 16.1. The predicted octanol–water partition coefficient (Wildman–Crippen LogP) is 1.51. The molecule has 0 saturated carbocycles. The summed E-state index contributed by atoms with van der Waals surface area (Å²) in [5.41, 5.74) is 10.1. The number of fused-ring (bicyclic) bond motifs is 1. The number of aliphatic imine (C=N–C) groups is 1. The molecule has 0 fully saturated rings. The summed E-state index contributed by atoms with van der Waals surface area (Å²) in [5.74, 6) is 0.0491. The molecular weight excluding hydrogens is 252 g/mol. The number of aromatic nitrogens is 2. The molecule has 0 atom stereocenters. The first kappa shape index (κ1) is 12.7. The number of hydrogen-bond acceptors (Lipinski definition) is 4. The van der Waals surface area contributed by atoms with Crippen LogP contribution < -0.4 is 5.73 Å². The third-order valence-corrected chi connectivity index (χ3v) is 3.53. The summed E-state index contributed by atoms with van der Waals surface area (Å²) in [5, 5.41) is 4.27. The van der Waals surface area contributed by atoms with Crippen LogP contribution in [-0.2, 0) is 6.54 Å². The lowest BCUT2D eigenvalue weighted by Gasteiger charge is -2.15. The van der Waals surface area contributed by atoms with Crippen LogP contribution in [0.25, 0.3) is 11.1 Å². The molecule has 20 heavy (non-hydrogen) atoms. The molecule has 2 heterocycles. The molecule has 1 aromatic heterocycles. The minimum Gasteiger partial charge on any atom is -0.325 e. The first-order valence-corrected chi connectivity index (χ1v) is 6.66. The van der Waals surface area contributed by atoms with Crippen molar-refractivity contribution in [3.05, 3.63) is 41.7 Å². The topological polar surface area (TPSA) is 73.3 Å². The number of ketones is 1. The van der Waals surface area contributed by atoms with Crippen LogP contribution in [0, 0.1) is 0 Å². The van der Waals surface area contributed by atoms with Crippen molar-refractivity contribution in [2.24, 2.45) is 10.7 Å². The van der Waals surface area contributed by atoms with Gasteiger partial charge in [-0.3, -0.25) is 14.5 Å². The maximum atomic E-state index is 11.9. The van der Waals surface area contributed by atoms with E-state index < -0.39 is 0 Å². The monoisotopic (exact) mass is 268 g/mol. The van der Waals surface area contributed by atoms with Gasteiger partial charge in [0.05, 0.1) is 11.9 Å². The van der Waals surface area contributed by atoms with Gasteiger partial charge in [-0.25, -0.2) is 0 Å². The molecule has 1 aromatic carbocycles. The van der Waals surface area contributed by atoms with Gasteiger partial charge in [0, 0.05) is 36.0 Å². The maximum absolute atomic E-state index is 11.9. The van der Waals surface area contributed by atoms with Gasteiger partial charge in [0.25, 0.3) is 0 Å². The zero-order valence-corrected chi connectivity index (χ0v) is 11.3. The van der Waals surface area contributed by atoms with Gasteiger partial charge in [0.2, 0.25) is 0 Å². The van der Waals surface area contributed by atoms with Crippen molar-refractivity contribution in [3.8, 4) is 11.1 Å². The minimum atomic E-state index is 0.0491. The number of rotatable bonds is 3. The van der Waals surface area contributed by atoms with Crippen molar-refractivity contribution in [1.29, 1.82) is 0 Å². The van der Waals surface area contributed by atoms with Crippen molar-refractivity contribution in [1.82, 2.24) is 9.78 Å². The fourth-order valence-electron chi connectivity index (χ4n) is 2.40. The van der Waals surface area contributed by atoms with Crippen molar-refractivity contribution < 1.29 is 4.79 Å². The number of benzene rings is 1. The molecule has 0 unspecified atom stereocenters. The first-order valence-electron chi connectivity index (χ1n) is 6.66. The highest BCUT2D eigenvalue weighted by molar-refractivity contribution is 6.16. The van der Waals surface area contributed by atoms with Crippen LogP contribution in [0.5, 0.6) is 0 Å². The largest absolute Gasteiger partial charge is 0.325 e. The van der Waals surface area contributed by atoms with Crippen LogP contribution in [0.1, 0.15) is 22.8 Å². The summed E-state index contributed by atoms with van der Waals surface area (Å²) in [6.07, 6.45) is 3.82. The Morgan fingerprint density at radius 1 is 1.30 bits per heavy atom. The fraction of sp³-hybridized carbons (Fsp3) is 0.267. The van der Waals surface area contributed by atoms with Crippen LogP contribution in [0.2, 0.25) is 0 Å². The number of carbonyl (C=O) groups excluding carboxylic acids is 1. The lowest BCUT2D eigenvalue weighted by molar-refractivity contribution is 0.1000. The molecule has 0 radical (unpaired) electrons. The molecule has 5 nitrogen and oxygen atoms in total. The van der Waals surface area contributed by atoms with E-state index in [-0.39, 0.29) is 12.3 Å². The first-order chi connectivity index (χ1) is 9.72. The van der Waals surface area contributed by atoms with Crippen molar-refractivity contribution in [3.63, 3.8) is 0 Å². The van der Waals surface area contributed by atoms with Gasteiger partial charge in [-0.05, 0) is 18.6 Å². The lowest BCUT2D eigenvalue weighted by atomic mass is 9.93. The number of nitrogens with zero attached hydrogens (tertiary/aromatic N) is 3. The molecule has 3 rings (SSSR count). The van der Waals surface area contributed by atoms with Gasteiger partial charge in [-0.2, -0.15) is 5.10 Å². The normalized spacial score (nSPS) is 14.1. The van der Waals surface area contributed by atoms with E-state index in [1.165, 1.54) is 0 Å².